The highest BCUT2D eigenvalue weighted by Crippen LogP contribution is 2.31. The first-order valence-electron chi connectivity index (χ1n) is 8.06. The number of benzene rings is 2. The molecule has 1 aliphatic rings. The number of aromatic hydroxyl groups is 1. The maximum Gasteiger partial charge on any atom is 0.301 e. The van der Waals surface area contributed by atoms with Crippen LogP contribution in [0.5, 0.6) is 5.75 Å². The number of imidazole rings is 1. The fraction of sp³-hybridized carbons (Fsp3) is 0.235. The zero-order valence-electron chi connectivity index (χ0n) is 13.4. The van der Waals surface area contributed by atoms with E-state index < -0.39 is 10.2 Å². The molecule has 1 fully saturated rings. The smallest absolute Gasteiger partial charge is 0.301 e. The number of aromatic nitrogens is 2. The zero-order valence-corrected chi connectivity index (χ0v) is 14.3. The highest BCUT2D eigenvalue weighted by Gasteiger charge is 2.29. The van der Waals surface area contributed by atoms with Gasteiger partial charge in [0.05, 0.1) is 16.7 Å². The number of aryl methyl sites for hydroxylation is 2. The third kappa shape index (κ3) is 3.06. The van der Waals surface area contributed by atoms with Crippen molar-refractivity contribution in [1.82, 2.24) is 14.7 Å². The number of nitrogens with one attached hydrogen (secondary N) is 2. The van der Waals surface area contributed by atoms with Crippen LogP contribution < -0.4 is 9.03 Å². The maximum absolute atomic E-state index is 11.9. The number of phenols is 1. The average Bonchev–Trinajstić information content (AvgIpc) is 3.15. The summed E-state index contributed by atoms with van der Waals surface area (Å²) in [5, 5.41) is 10.2. The minimum Gasteiger partial charge on any atom is -0.506 e. The van der Waals surface area contributed by atoms with E-state index in [9.17, 15) is 13.5 Å². The SMILES string of the molecule is O=S1(=O)NCCN1c1ccc(CCc2nc3ccccc3[nH]2)cc1O. The molecule has 0 spiro atoms. The van der Waals surface area contributed by atoms with Crippen LogP contribution in [0.4, 0.5) is 5.69 Å². The van der Waals surface area contributed by atoms with Crippen LogP contribution in [0.2, 0.25) is 0 Å². The molecule has 0 radical (unpaired) electrons. The van der Waals surface area contributed by atoms with Gasteiger partial charge in [-0.2, -0.15) is 13.1 Å². The number of hydrogen-bond donors (Lipinski definition) is 3. The third-order valence-electron chi connectivity index (χ3n) is 4.29. The first-order chi connectivity index (χ1) is 12.0. The largest absolute Gasteiger partial charge is 0.506 e. The van der Waals surface area contributed by atoms with Gasteiger partial charge in [-0.25, -0.2) is 4.98 Å². The lowest BCUT2D eigenvalue weighted by Crippen LogP contribution is -2.29. The number of H-pyrrole nitrogens is 1. The van der Waals surface area contributed by atoms with Gasteiger partial charge in [0.25, 0.3) is 0 Å². The van der Waals surface area contributed by atoms with Crippen LogP contribution in [0.15, 0.2) is 42.5 Å². The van der Waals surface area contributed by atoms with E-state index in [-0.39, 0.29) is 5.75 Å². The molecular weight excluding hydrogens is 340 g/mol. The summed E-state index contributed by atoms with van der Waals surface area (Å²) >= 11 is 0. The minimum absolute atomic E-state index is 0.0330. The monoisotopic (exact) mass is 358 g/mol. The van der Waals surface area contributed by atoms with Crippen LogP contribution in [0, 0.1) is 0 Å². The lowest BCUT2D eigenvalue weighted by molar-refractivity contribution is 0.475. The summed E-state index contributed by atoms with van der Waals surface area (Å²) in [6, 6.07) is 13.0. The Kier molecular flexibility index (Phi) is 3.85. The van der Waals surface area contributed by atoms with Gasteiger partial charge in [0.15, 0.2) is 0 Å². The second kappa shape index (κ2) is 6.05. The molecule has 1 aromatic heterocycles. The van der Waals surface area contributed by atoms with E-state index in [4.69, 9.17) is 0 Å². The maximum atomic E-state index is 11.9. The highest BCUT2D eigenvalue weighted by atomic mass is 32.2. The molecule has 7 nitrogen and oxygen atoms in total. The van der Waals surface area contributed by atoms with E-state index >= 15 is 0 Å². The van der Waals surface area contributed by atoms with Crippen molar-refractivity contribution in [2.45, 2.75) is 12.8 Å². The van der Waals surface area contributed by atoms with Gasteiger partial charge < -0.3 is 10.1 Å². The Labute approximate surface area is 145 Å². The number of rotatable bonds is 4. The summed E-state index contributed by atoms with van der Waals surface area (Å²) in [5.41, 5.74) is 3.16. The van der Waals surface area contributed by atoms with Gasteiger partial charge in [0.1, 0.15) is 11.6 Å². The van der Waals surface area contributed by atoms with Gasteiger partial charge in [-0.3, -0.25) is 4.31 Å². The Morgan fingerprint density at radius 3 is 2.72 bits per heavy atom. The first-order valence-corrected chi connectivity index (χ1v) is 9.50. The van der Waals surface area contributed by atoms with Gasteiger partial charge in [-0.1, -0.05) is 18.2 Å². The van der Waals surface area contributed by atoms with Crippen molar-refractivity contribution in [3.8, 4) is 5.75 Å². The van der Waals surface area contributed by atoms with Gasteiger partial charge in [-0.15, -0.1) is 0 Å². The van der Waals surface area contributed by atoms with Crippen LogP contribution in [0.25, 0.3) is 11.0 Å². The molecule has 2 aromatic carbocycles. The highest BCUT2D eigenvalue weighted by molar-refractivity contribution is 7.91. The van der Waals surface area contributed by atoms with Crippen LogP contribution in [0.3, 0.4) is 0 Å². The summed E-state index contributed by atoms with van der Waals surface area (Å²) in [6.07, 6.45) is 1.40. The Morgan fingerprint density at radius 1 is 1.16 bits per heavy atom. The van der Waals surface area contributed by atoms with Crippen LogP contribution in [-0.2, 0) is 23.1 Å². The van der Waals surface area contributed by atoms with Crippen molar-refractivity contribution in [3.63, 3.8) is 0 Å². The molecule has 0 bridgehead atoms. The molecule has 0 unspecified atom stereocenters. The molecule has 0 amide bonds. The van der Waals surface area contributed by atoms with Gasteiger partial charge in [-0.05, 0) is 36.2 Å². The van der Waals surface area contributed by atoms with Crippen molar-refractivity contribution >= 4 is 26.9 Å². The molecule has 0 atom stereocenters. The second-order valence-corrected chi connectivity index (χ2v) is 7.67. The predicted octanol–water partition coefficient (Wildman–Crippen LogP) is 1.71. The molecule has 0 aliphatic carbocycles. The molecule has 1 saturated heterocycles. The van der Waals surface area contributed by atoms with E-state index in [1.54, 1.807) is 12.1 Å². The van der Waals surface area contributed by atoms with E-state index in [0.29, 0.717) is 31.6 Å². The number of aromatic amines is 1. The van der Waals surface area contributed by atoms with E-state index in [1.165, 1.54) is 4.31 Å². The normalized spacial score (nSPS) is 16.6. The topological polar surface area (TPSA) is 98.3 Å². The molecule has 130 valence electrons. The Hall–Kier alpha value is -2.58. The quantitative estimate of drug-likeness (QED) is 0.661. The number of phenolic OH excluding ortho intramolecular Hbond substituents is 1. The molecule has 2 heterocycles. The van der Waals surface area contributed by atoms with Crippen molar-refractivity contribution in [2.24, 2.45) is 0 Å². The van der Waals surface area contributed by atoms with E-state index in [2.05, 4.69) is 14.7 Å². The molecule has 8 heteroatoms. The molecule has 3 N–H and O–H groups in total. The number of hydrogen-bond acceptors (Lipinski definition) is 4. The summed E-state index contributed by atoms with van der Waals surface area (Å²) in [4.78, 5) is 7.81. The van der Waals surface area contributed by atoms with Crippen molar-refractivity contribution in [2.75, 3.05) is 17.4 Å². The number of para-hydroxylation sites is 2. The summed E-state index contributed by atoms with van der Waals surface area (Å²) in [5.74, 6) is 0.852. The standard InChI is InChI=1S/C17H18N4O3S/c22-16-11-12(5-7-15(16)21-10-9-18-25(21,23)24)6-8-17-19-13-3-1-2-4-14(13)20-17/h1-5,7,11,18,22H,6,8-10H2,(H,19,20). The number of nitrogens with zero attached hydrogens (tertiary/aromatic N) is 2. The average molecular weight is 358 g/mol. The minimum atomic E-state index is -3.54. The summed E-state index contributed by atoms with van der Waals surface area (Å²) in [6.45, 7) is 0.657. The van der Waals surface area contributed by atoms with Gasteiger partial charge >= 0.3 is 10.2 Å². The Morgan fingerprint density at radius 2 is 2.00 bits per heavy atom. The van der Waals surface area contributed by atoms with Crippen LogP contribution in [0.1, 0.15) is 11.4 Å². The molecular formula is C17H18N4O3S. The molecule has 1 aliphatic heterocycles. The predicted molar refractivity (Wildman–Crippen MR) is 95.9 cm³/mol. The van der Waals surface area contributed by atoms with Crippen LogP contribution >= 0.6 is 0 Å². The second-order valence-electron chi connectivity index (χ2n) is 6.00. The van der Waals surface area contributed by atoms with Gasteiger partial charge in [0, 0.05) is 19.5 Å². The van der Waals surface area contributed by atoms with Crippen LogP contribution in [-0.4, -0.2) is 36.6 Å². The molecule has 3 aromatic rings. The summed E-state index contributed by atoms with van der Waals surface area (Å²) < 4.78 is 27.4. The van der Waals surface area contributed by atoms with E-state index in [1.807, 2.05) is 30.3 Å². The summed E-state index contributed by atoms with van der Waals surface area (Å²) in [7, 11) is -3.54. The Bertz CT molecular complexity index is 996. The van der Waals surface area contributed by atoms with Crippen molar-refractivity contribution in [1.29, 1.82) is 0 Å². The zero-order chi connectivity index (χ0) is 17.4. The molecule has 25 heavy (non-hydrogen) atoms. The Balaban J connectivity index is 1.51. The van der Waals surface area contributed by atoms with E-state index in [0.717, 1.165) is 22.4 Å². The fourth-order valence-electron chi connectivity index (χ4n) is 3.05. The lowest BCUT2D eigenvalue weighted by Gasteiger charge is -2.17. The van der Waals surface area contributed by atoms with Crippen molar-refractivity contribution in [3.05, 3.63) is 53.9 Å². The number of anilines is 1. The third-order valence-corrected chi connectivity index (χ3v) is 5.82. The molecule has 0 saturated carbocycles. The van der Waals surface area contributed by atoms with Gasteiger partial charge in [0.2, 0.25) is 0 Å². The number of fused-ring (bicyclic) bond motifs is 1. The first kappa shape index (κ1) is 15.9. The molecule has 4 rings (SSSR count). The lowest BCUT2D eigenvalue weighted by atomic mass is 10.1. The van der Waals surface area contributed by atoms with Crippen molar-refractivity contribution < 1.29 is 13.5 Å². The fourth-order valence-corrected chi connectivity index (χ4v) is 4.30.